The number of ether oxygens (including phenoxy) is 2. The first-order chi connectivity index (χ1) is 18.5. The number of nitrogens with two attached hydrogens (primary N) is 1. The number of primary amides is 1. The second-order valence-corrected chi connectivity index (χ2v) is 9.76. The molecule has 1 aliphatic heterocycles. The number of Topliss-reactive ketones (excluding diaryl/α,β-unsaturated/α-hetero) is 1. The molecule has 2 rings (SSSR count). The van der Waals surface area contributed by atoms with Gasteiger partial charge in [-0.2, -0.15) is 0 Å². The van der Waals surface area contributed by atoms with Gasteiger partial charge in [0.25, 0.3) is 5.91 Å². The summed E-state index contributed by atoms with van der Waals surface area (Å²) in [5, 5.41) is 16.3. The fourth-order valence-electron chi connectivity index (χ4n) is 4.21. The summed E-state index contributed by atoms with van der Waals surface area (Å²) >= 11 is 0. The van der Waals surface area contributed by atoms with E-state index in [0.29, 0.717) is 19.4 Å². The molecule has 1 aliphatic carbocycles. The number of carbonyl (C=O) groups is 4. The van der Waals surface area contributed by atoms with Crippen LogP contribution in [0.2, 0.25) is 0 Å². The molecule has 0 aromatic rings. The molecule has 0 aromatic heterocycles. The van der Waals surface area contributed by atoms with Crippen molar-refractivity contribution >= 4 is 23.6 Å². The zero-order valence-corrected chi connectivity index (χ0v) is 22.9. The molecule has 2 bridgehead atoms. The normalized spacial score (nSPS) is 30.4. The van der Waals surface area contributed by atoms with Crippen LogP contribution >= 0.6 is 0 Å². The molecular formula is C29H39N3O7. The summed E-state index contributed by atoms with van der Waals surface area (Å²) in [6.07, 6.45) is 8.63. The molecule has 10 heteroatoms. The average molecular weight is 542 g/mol. The van der Waals surface area contributed by atoms with Gasteiger partial charge in [-0.3, -0.25) is 14.4 Å². The Kier molecular flexibility index (Phi) is 12.1. The van der Waals surface area contributed by atoms with Crippen LogP contribution < -0.4 is 16.4 Å². The first-order valence-corrected chi connectivity index (χ1v) is 12.9. The number of hydrogen-bond donors (Lipinski definition) is 4. The van der Waals surface area contributed by atoms with Crippen molar-refractivity contribution in [3.8, 4) is 0 Å². The number of fused-ring (bicyclic) bond motifs is 2. The molecule has 0 aromatic carbocycles. The number of amides is 2. The highest BCUT2D eigenvalue weighted by Gasteiger charge is 2.31. The van der Waals surface area contributed by atoms with E-state index in [0.717, 1.165) is 6.08 Å². The maximum absolute atomic E-state index is 13.4. The van der Waals surface area contributed by atoms with Gasteiger partial charge in [0, 0.05) is 36.8 Å². The maximum Gasteiger partial charge on any atom is 0.405 e. The molecular weight excluding hydrogens is 502 g/mol. The summed E-state index contributed by atoms with van der Waals surface area (Å²) in [6.45, 7) is 9.26. The number of carbonyl (C=O) groups excluding carboxylic acids is 4. The third kappa shape index (κ3) is 9.19. The molecule has 1 heterocycles. The topological polar surface area (TPSA) is 157 Å². The molecule has 0 spiro atoms. The minimum atomic E-state index is -0.985. The molecule has 0 radical (unpaired) electrons. The Labute approximate surface area is 229 Å². The van der Waals surface area contributed by atoms with Gasteiger partial charge in [-0.15, -0.1) is 6.58 Å². The predicted molar refractivity (Wildman–Crippen MR) is 147 cm³/mol. The quantitative estimate of drug-likeness (QED) is 0.305. The molecule has 0 fully saturated rings. The number of methoxy groups -OCH3 is 1. The van der Waals surface area contributed by atoms with Crippen LogP contribution in [0.5, 0.6) is 0 Å². The van der Waals surface area contributed by atoms with E-state index in [-0.39, 0.29) is 40.8 Å². The van der Waals surface area contributed by atoms with Crippen LogP contribution in [0.4, 0.5) is 4.79 Å². The predicted octanol–water partition coefficient (Wildman–Crippen LogP) is 2.52. The number of aliphatic hydroxyl groups is 1. The Morgan fingerprint density at radius 3 is 2.56 bits per heavy atom. The SMILES string of the molecule is C=CCNC1=C2C[C@@H](C)CCC(O)[C@@H](C)/C=C/C(OC(N)=O)C(OC)/C=C\C=C(/C)C(=O)NC(=CC1=O)C2=O. The van der Waals surface area contributed by atoms with Crippen LogP contribution in [0.25, 0.3) is 0 Å². The molecule has 3 unspecified atom stereocenters. The molecule has 2 amide bonds. The van der Waals surface area contributed by atoms with Crippen molar-refractivity contribution < 1.29 is 33.8 Å². The number of nitrogens with one attached hydrogen (secondary N) is 2. The summed E-state index contributed by atoms with van der Waals surface area (Å²) in [4.78, 5) is 50.6. The number of ketones is 2. The van der Waals surface area contributed by atoms with Crippen LogP contribution in [0.1, 0.15) is 40.0 Å². The van der Waals surface area contributed by atoms with Gasteiger partial charge in [-0.05, 0) is 38.2 Å². The van der Waals surface area contributed by atoms with Crippen LogP contribution in [0.3, 0.4) is 0 Å². The summed E-state index contributed by atoms with van der Waals surface area (Å²) in [5.74, 6) is -1.76. The monoisotopic (exact) mass is 541 g/mol. The molecule has 212 valence electrons. The summed E-state index contributed by atoms with van der Waals surface area (Å²) < 4.78 is 10.7. The standard InChI is InChI=1S/C29H39N3O7/c1-6-14-31-26-20-15-17(2)10-12-22(33)18(3)11-13-25(39-29(30)37)24(38-5)9-7-8-19(4)28(36)32-21(27(20)35)16-23(26)34/h6-9,11,13,16-18,22,24-25,31,33H,1,10,12,14-15H2,2-5H3,(H2,30,37)(H,32,36)/b9-7-,13-11+,19-8+/t17-,18-,22?,24?,25?/m0/s1. The van der Waals surface area contributed by atoms with Gasteiger partial charge < -0.3 is 30.9 Å². The van der Waals surface area contributed by atoms with Gasteiger partial charge in [0.2, 0.25) is 11.6 Å². The Morgan fingerprint density at radius 1 is 1.21 bits per heavy atom. The number of aliphatic hydroxyl groups excluding tert-OH is 1. The van der Waals surface area contributed by atoms with Crippen molar-refractivity contribution in [3.63, 3.8) is 0 Å². The molecule has 2 aliphatic rings. The fraction of sp³-hybridized carbons (Fsp3) is 0.448. The molecule has 0 saturated carbocycles. The maximum atomic E-state index is 13.4. The Bertz CT molecular complexity index is 1120. The highest BCUT2D eigenvalue weighted by molar-refractivity contribution is 6.23. The number of rotatable bonds is 5. The Morgan fingerprint density at radius 2 is 1.92 bits per heavy atom. The van der Waals surface area contributed by atoms with Crippen molar-refractivity contribution in [1.82, 2.24) is 10.6 Å². The molecule has 39 heavy (non-hydrogen) atoms. The van der Waals surface area contributed by atoms with E-state index in [1.807, 2.05) is 13.8 Å². The fourth-order valence-corrected chi connectivity index (χ4v) is 4.21. The minimum absolute atomic E-state index is 0.0603. The van der Waals surface area contributed by atoms with E-state index in [2.05, 4.69) is 17.2 Å². The lowest BCUT2D eigenvalue weighted by Crippen LogP contribution is -2.36. The molecule has 10 nitrogen and oxygen atoms in total. The van der Waals surface area contributed by atoms with Gasteiger partial charge in [0.05, 0.1) is 17.5 Å². The van der Waals surface area contributed by atoms with E-state index in [9.17, 15) is 24.3 Å². The second kappa shape index (κ2) is 15.0. The number of allylic oxidation sites excluding steroid dienone is 4. The second-order valence-electron chi connectivity index (χ2n) is 9.76. The summed E-state index contributed by atoms with van der Waals surface area (Å²) in [7, 11) is 1.43. The third-order valence-electron chi connectivity index (χ3n) is 6.59. The first kappa shape index (κ1) is 31.5. The smallest absolute Gasteiger partial charge is 0.405 e. The average Bonchev–Trinajstić information content (AvgIpc) is 2.89. The van der Waals surface area contributed by atoms with Crippen LogP contribution in [0, 0.1) is 11.8 Å². The Balaban J connectivity index is 2.48. The van der Waals surface area contributed by atoms with Crippen LogP contribution in [-0.4, -0.2) is 60.6 Å². The Hall–Kier alpha value is -3.76. The largest absolute Gasteiger partial charge is 0.439 e. The van der Waals surface area contributed by atoms with Crippen LogP contribution in [0.15, 0.2) is 71.7 Å². The molecule has 0 saturated heterocycles. The van der Waals surface area contributed by atoms with E-state index >= 15 is 0 Å². The molecule has 5 N–H and O–H groups in total. The van der Waals surface area contributed by atoms with E-state index in [1.54, 1.807) is 37.3 Å². The van der Waals surface area contributed by atoms with E-state index < -0.39 is 41.9 Å². The van der Waals surface area contributed by atoms with Crippen molar-refractivity contribution in [3.05, 3.63) is 71.7 Å². The zero-order chi connectivity index (χ0) is 29.1. The highest BCUT2D eigenvalue weighted by Crippen LogP contribution is 2.27. The van der Waals surface area contributed by atoms with Gasteiger partial charge in [-0.25, -0.2) is 4.79 Å². The summed E-state index contributed by atoms with van der Waals surface area (Å²) in [6, 6.07) is 0. The van der Waals surface area contributed by atoms with Gasteiger partial charge in [0.1, 0.15) is 6.10 Å². The lowest BCUT2D eigenvalue weighted by molar-refractivity contribution is -0.120. The van der Waals surface area contributed by atoms with Crippen LogP contribution in [-0.2, 0) is 23.9 Å². The first-order valence-electron chi connectivity index (χ1n) is 12.9. The summed E-state index contributed by atoms with van der Waals surface area (Å²) in [5.41, 5.74) is 5.87. The van der Waals surface area contributed by atoms with Gasteiger partial charge in [0.15, 0.2) is 6.10 Å². The van der Waals surface area contributed by atoms with Gasteiger partial charge >= 0.3 is 6.09 Å². The lowest BCUT2D eigenvalue weighted by atomic mass is 9.86. The third-order valence-corrected chi connectivity index (χ3v) is 6.59. The van der Waals surface area contributed by atoms with Crippen molar-refractivity contribution in [2.75, 3.05) is 13.7 Å². The van der Waals surface area contributed by atoms with Crippen molar-refractivity contribution in [2.24, 2.45) is 17.6 Å². The van der Waals surface area contributed by atoms with Gasteiger partial charge in [-0.1, -0.05) is 44.2 Å². The molecule has 5 atom stereocenters. The lowest BCUT2D eigenvalue weighted by Gasteiger charge is -2.24. The van der Waals surface area contributed by atoms with Crippen molar-refractivity contribution in [1.29, 1.82) is 0 Å². The minimum Gasteiger partial charge on any atom is -0.439 e. The zero-order valence-electron chi connectivity index (χ0n) is 22.9. The van der Waals surface area contributed by atoms with Crippen molar-refractivity contribution in [2.45, 2.75) is 58.3 Å². The van der Waals surface area contributed by atoms with E-state index in [1.165, 1.54) is 13.2 Å². The highest BCUT2D eigenvalue weighted by atomic mass is 16.6. The van der Waals surface area contributed by atoms with E-state index in [4.69, 9.17) is 15.2 Å². The number of hydrogen-bond acceptors (Lipinski definition) is 8.